The number of piperidine rings is 1. The molecule has 0 spiro atoms. The summed E-state index contributed by atoms with van der Waals surface area (Å²) in [5.74, 6) is 1.14. The van der Waals surface area contributed by atoms with E-state index in [1.165, 1.54) is 10.8 Å². The molecule has 23 heavy (non-hydrogen) atoms. The summed E-state index contributed by atoms with van der Waals surface area (Å²) in [6.07, 6.45) is 6.96. The lowest BCUT2D eigenvalue weighted by Crippen LogP contribution is -2.32. The highest BCUT2D eigenvalue weighted by Crippen LogP contribution is 2.18. The zero-order valence-electron chi connectivity index (χ0n) is 12.7. The molecular formula is C17H17N5O. The van der Waals surface area contributed by atoms with Crippen LogP contribution < -0.4 is 10.5 Å². The number of aromatic nitrogens is 4. The van der Waals surface area contributed by atoms with Gasteiger partial charge in [-0.15, -0.1) is 0 Å². The maximum absolute atomic E-state index is 12.3. The van der Waals surface area contributed by atoms with Crippen LogP contribution in [0.2, 0.25) is 0 Å². The van der Waals surface area contributed by atoms with Gasteiger partial charge in [0, 0.05) is 31.5 Å². The SMILES string of the molecule is O=c1cc(N2CCCCC2)nc2nc(-c3ccccn3)ccn12. The van der Waals surface area contributed by atoms with Crippen LogP contribution in [0.25, 0.3) is 17.2 Å². The van der Waals surface area contributed by atoms with Gasteiger partial charge in [-0.1, -0.05) is 6.07 Å². The van der Waals surface area contributed by atoms with E-state index >= 15 is 0 Å². The Morgan fingerprint density at radius 1 is 0.957 bits per heavy atom. The maximum atomic E-state index is 12.3. The molecule has 0 amide bonds. The van der Waals surface area contributed by atoms with E-state index < -0.39 is 0 Å². The lowest BCUT2D eigenvalue weighted by molar-refractivity contribution is 0.573. The predicted octanol–water partition coefficient (Wildman–Crippen LogP) is 2.14. The summed E-state index contributed by atoms with van der Waals surface area (Å²) in [4.78, 5) is 27.9. The molecule has 1 aliphatic rings. The van der Waals surface area contributed by atoms with Gasteiger partial charge in [0.1, 0.15) is 5.82 Å². The van der Waals surface area contributed by atoms with Gasteiger partial charge in [-0.2, -0.15) is 4.98 Å². The van der Waals surface area contributed by atoms with E-state index in [0.29, 0.717) is 11.5 Å². The van der Waals surface area contributed by atoms with Crippen LogP contribution in [-0.4, -0.2) is 32.4 Å². The first-order valence-electron chi connectivity index (χ1n) is 7.88. The van der Waals surface area contributed by atoms with Crippen molar-refractivity contribution in [3.8, 4) is 11.4 Å². The van der Waals surface area contributed by atoms with Crippen molar-refractivity contribution < 1.29 is 0 Å². The molecule has 0 unspecified atom stereocenters. The van der Waals surface area contributed by atoms with Gasteiger partial charge >= 0.3 is 0 Å². The van der Waals surface area contributed by atoms with Gasteiger partial charge < -0.3 is 4.90 Å². The standard InChI is InChI=1S/C17H17N5O/c23-16-12-15(21-9-4-1-5-10-21)20-17-19-14(7-11-22(16)17)13-6-2-3-8-18-13/h2-3,6-8,11-12H,1,4-5,9-10H2. The van der Waals surface area contributed by atoms with Crippen molar-refractivity contribution in [2.75, 3.05) is 18.0 Å². The second-order valence-corrected chi connectivity index (χ2v) is 5.70. The Morgan fingerprint density at radius 2 is 1.83 bits per heavy atom. The van der Waals surface area contributed by atoms with Crippen LogP contribution >= 0.6 is 0 Å². The molecule has 116 valence electrons. The first-order chi connectivity index (χ1) is 11.3. The monoisotopic (exact) mass is 307 g/mol. The fourth-order valence-corrected chi connectivity index (χ4v) is 2.92. The van der Waals surface area contributed by atoms with Gasteiger partial charge in [0.25, 0.3) is 5.56 Å². The van der Waals surface area contributed by atoms with Gasteiger partial charge in [-0.3, -0.25) is 14.2 Å². The highest BCUT2D eigenvalue weighted by atomic mass is 16.1. The molecule has 0 aliphatic carbocycles. The minimum absolute atomic E-state index is 0.101. The first kappa shape index (κ1) is 13.9. The average molecular weight is 307 g/mol. The van der Waals surface area contributed by atoms with Crippen LogP contribution in [0, 0.1) is 0 Å². The molecule has 0 radical (unpaired) electrons. The molecule has 6 nitrogen and oxygen atoms in total. The molecule has 3 aromatic heterocycles. The number of anilines is 1. The summed E-state index contributed by atoms with van der Waals surface area (Å²) in [5.41, 5.74) is 1.39. The minimum atomic E-state index is -0.101. The van der Waals surface area contributed by atoms with Crippen molar-refractivity contribution in [2.24, 2.45) is 0 Å². The molecule has 0 aromatic carbocycles. The van der Waals surface area contributed by atoms with Crippen molar-refractivity contribution in [1.82, 2.24) is 19.4 Å². The molecule has 6 heteroatoms. The molecule has 0 N–H and O–H groups in total. The smallest absolute Gasteiger partial charge is 0.261 e. The largest absolute Gasteiger partial charge is 0.356 e. The highest BCUT2D eigenvalue weighted by molar-refractivity contribution is 5.56. The van der Waals surface area contributed by atoms with Crippen molar-refractivity contribution >= 4 is 11.6 Å². The van der Waals surface area contributed by atoms with Crippen molar-refractivity contribution in [2.45, 2.75) is 19.3 Å². The molecular weight excluding hydrogens is 290 g/mol. The summed E-state index contributed by atoms with van der Waals surface area (Å²) in [5, 5.41) is 0. The Balaban J connectivity index is 1.81. The molecule has 1 saturated heterocycles. The molecule has 0 atom stereocenters. The van der Waals surface area contributed by atoms with E-state index in [1.54, 1.807) is 24.5 Å². The van der Waals surface area contributed by atoms with Gasteiger partial charge in [0.2, 0.25) is 5.78 Å². The zero-order chi connectivity index (χ0) is 15.6. The van der Waals surface area contributed by atoms with Crippen molar-refractivity contribution in [3.05, 3.63) is 53.1 Å². The van der Waals surface area contributed by atoms with Gasteiger partial charge in [-0.25, -0.2) is 4.98 Å². The van der Waals surface area contributed by atoms with Crippen LogP contribution in [0.15, 0.2) is 47.5 Å². The Bertz CT molecular complexity index is 884. The Morgan fingerprint density at radius 3 is 2.61 bits per heavy atom. The van der Waals surface area contributed by atoms with Crippen LogP contribution in [0.1, 0.15) is 19.3 Å². The van der Waals surface area contributed by atoms with Gasteiger partial charge in [0.15, 0.2) is 0 Å². The van der Waals surface area contributed by atoms with E-state index in [0.717, 1.165) is 37.4 Å². The first-order valence-corrected chi connectivity index (χ1v) is 7.88. The number of pyridine rings is 1. The highest BCUT2D eigenvalue weighted by Gasteiger charge is 2.14. The number of rotatable bonds is 2. The summed E-state index contributed by atoms with van der Waals surface area (Å²) in [6, 6.07) is 9.06. The average Bonchev–Trinajstić information content (AvgIpc) is 2.63. The Kier molecular flexibility index (Phi) is 3.49. The number of hydrogen-bond acceptors (Lipinski definition) is 5. The van der Waals surface area contributed by atoms with Gasteiger partial charge in [-0.05, 0) is 37.5 Å². The molecule has 0 saturated carbocycles. The van der Waals surface area contributed by atoms with Crippen molar-refractivity contribution in [3.63, 3.8) is 0 Å². The normalized spacial score (nSPS) is 15.0. The topological polar surface area (TPSA) is 63.4 Å². The third kappa shape index (κ3) is 2.67. The molecule has 3 aromatic rings. The molecule has 1 fully saturated rings. The van der Waals surface area contributed by atoms with Crippen LogP contribution in [-0.2, 0) is 0 Å². The number of nitrogens with zero attached hydrogens (tertiary/aromatic N) is 5. The third-order valence-electron chi connectivity index (χ3n) is 4.13. The van der Waals surface area contributed by atoms with Crippen LogP contribution in [0.3, 0.4) is 0 Å². The molecule has 4 rings (SSSR count). The maximum Gasteiger partial charge on any atom is 0.261 e. The lowest BCUT2D eigenvalue weighted by atomic mass is 10.1. The second kappa shape index (κ2) is 5.79. The summed E-state index contributed by atoms with van der Waals surface area (Å²) in [7, 11) is 0. The Hall–Kier alpha value is -2.76. The second-order valence-electron chi connectivity index (χ2n) is 5.70. The minimum Gasteiger partial charge on any atom is -0.356 e. The van der Waals surface area contributed by atoms with Gasteiger partial charge in [0.05, 0.1) is 11.4 Å². The third-order valence-corrected chi connectivity index (χ3v) is 4.13. The van der Waals surface area contributed by atoms with E-state index in [1.807, 2.05) is 18.2 Å². The van der Waals surface area contributed by atoms with E-state index in [2.05, 4.69) is 19.9 Å². The van der Waals surface area contributed by atoms with Crippen LogP contribution in [0.5, 0.6) is 0 Å². The fraction of sp³-hybridized carbons (Fsp3) is 0.294. The quantitative estimate of drug-likeness (QED) is 0.726. The zero-order valence-corrected chi connectivity index (χ0v) is 12.7. The van der Waals surface area contributed by atoms with Crippen molar-refractivity contribution in [1.29, 1.82) is 0 Å². The summed E-state index contributed by atoms with van der Waals surface area (Å²) in [6.45, 7) is 1.89. The number of fused-ring (bicyclic) bond motifs is 1. The lowest BCUT2D eigenvalue weighted by Gasteiger charge is -2.27. The predicted molar refractivity (Wildman–Crippen MR) is 88.6 cm³/mol. The van der Waals surface area contributed by atoms with E-state index in [-0.39, 0.29) is 5.56 Å². The van der Waals surface area contributed by atoms with E-state index in [4.69, 9.17) is 0 Å². The van der Waals surface area contributed by atoms with Crippen LogP contribution in [0.4, 0.5) is 5.82 Å². The fourth-order valence-electron chi connectivity index (χ4n) is 2.92. The van der Waals surface area contributed by atoms with E-state index in [9.17, 15) is 4.79 Å². The molecule has 4 heterocycles. The molecule has 1 aliphatic heterocycles. The number of hydrogen-bond donors (Lipinski definition) is 0. The summed E-state index contributed by atoms with van der Waals surface area (Å²) < 4.78 is 1.47. The molecule has 0 bridgehead atoms. The Labute approximate surface area is 133 Å². The summed E-state index contributed by atoms with van der Waals surface area (Å²) >= 11 is 0.